The third kappa shape index (κ3) is 2.24. The first-order valence-electron chi connectivity index (χ1n) is 6.47. The summed E-state index contributed by atoms with van der Waals surface area (Å²) >= 11 is 0. The van der Waals surface area contributed by atoms with Crippen molar-refractivity contribution in [1.82, 2.24) is 15.5 Å². The summed E-state index contributed by atoms with van der Waals surface area (Å²) in [5, 5.41) is 24.5. The third-order valence-electron chi connectivity index (χ3n) is 3.99. The molecule has 0 aromatic rings. The second-order valence-electron chi connectivity index (χ2n) is 5.30. The minimum atomic E-state index is -0.478. The van der Waals surface area contributed by atoms with Crippen molar-refractivity contribution in [3.63, 3.8) is 0 Å². The molecule has 0 aliphatic carbocycles. The molecule has 0 aromatic heterocycles. The molecule has 7 nitrogen and oxygen atoms in total. The molecule has 0 aromatic carbocycles. The number of nitrogens with one attached hydrogen (secondary N) is 2. The summed E-state index contributed by atoms with van der Waals surface area (Å²) in [5.41, 5.74) is 1.04. The van der Waals surface area contributed by atoms with E-state index in [0.29, 0.717) is 19.6 Å². The fourth-order valence-electron chi connectivity index (χ4n) is 2.91. The van der Waals surface area contributed by atoms with Gasteiger partial charge in [-0.25, -0.2) is 0 Å². The van der Waals surface area contributed by atoms with Gasteiger partial charge in [0.05, 0.1) is 12.4 Å². The van der Waals surface area contributed by atoms with E-state index < -0.39 is 6.10 Å². The number of rotatable bonds is 3. The first kappa shape index (κ1) is 12.6. The van der Waals surface area contributed by atoms with Crippen molar-refractivity contribution >= 4 is 12.2 Å². The van der Waals surface area contributed by atoms with Crippen LogP contribution in [0.15, 0.2) is 16.8 Å². The number of carbonyl (C=O) groups excluding carboxylic acids is 1. The fourth-order valence-corrected chi connectivity index (χ4v) is 2.91. The number of β-amino-alcohol motifs (C(OH)–C–C–N with tert-alkyl or cyclic N) is 1. The minimum Gasteiger partial charge on any atom is -0.396 e. The summed E-state index contributed by atoms with van der Waals surface area (Å²) in [6.45, 7) is 1.88. The predicted molar refractivity (Wildman–Crippen MR) is 68.5 cm³/mol. The van der Waals surface area contributed by atoms with E-state index in [9.17, 15) is 9.90 Å². The SMILES string of the molecule is O=C1NC=NC2C(CN3CC(O)C(CO)C3)=CNC12. The third-order valence-corrected chi connectivity index (χ3v) is 3.99. The molecule has 104 valence electrons. The van der Waals surface area contributed by atoms with Crippen molar-refractivity contribution in [2.45, 2.75) is 18.2 Å². The van der Waals surface area contributed by atoms with E-state index >= 15 is 0 Å². The van der Waals surface area contributed by atoms with Gasteiger partial charge in [-0.15, -0.1) is 0 Å². The Balaban J connectivity index is 1.64. The molecule has 4 N–H and O–H groups in total. The topological polar surface area (TPSA) is 97.2 Å². The van der Waals surface area contributed by atoms with E-state index in [1.807, 2.05) is 6.20 Å². The van der Waals surface area contributed by atoms with Crippen LogP contribution in [0, 0.1) is 5.92 Å². The first-order valence-corrected chi connectivity index (χ1v) is 6.47. The highest BCUT2D eigenvalue weighted by atomic mass is 16.3. The molecule has 4 atom stereocenters. The average Bonchev–Trinajstić information content (AvgIpc) is 2.95. The van der Waals surface area contributed by atoms with Crippen LogP contribution < -0.4 is 10.6 Å². The van der Waals surface area contributed by atoms with E-state index in [1.54, 1.807) is 0 Å². The number of nitrogens with zero attached hydrogens (tertiary/aromatic N) is 2. The van der Waals surface area contributed by atoms with Gasteiger partial charge in [-0.05, 0) is 11.8 Å². The largest absolute Gasteiger partial charge is 0.396 e. The van der Waals surface area contributed by atoms with Crippen LogP contribution in [0.25, 0.3) is 0 Å². The van der Waals surface area contributed by atoms with Gasteiger partial charge in [-0.3, -0.25) is 14.7 Å². The van der Waals surface area contributed by atoms with Gasteiger partial charge in [0.2, 0.25) is 5.91 Å². The second kappa shape index (κ2) is 4.92. The van der Waals surface area contributed by atoms with Crippen molar-refractivity contribution in [1.29, 1.82) is 0 Å². The Bertz CT molecular complexity index is 437. The number of amides is 1. The van der Waals surface area contributed by atoms with Crippen LogP contribution in [0.4, 0.5) is 0 Å². The maximum atomic E-state index is 11.6. The molecule has 3 aliphatic heterocycles. The Morgan fingerprint density at radius 3 is 3.05 bits per heavy atom. The summed E-state index contributed by atoms with van der Waals surface area (Å²) in [6.07, 6.45) is 2.81. The maximum Gasteiger partial charge on any atom is 0.250 e. The molecule has 0 saturated carbocycles. The van der Waals surface area contributed by atoms with Crippen LogP contribution in [0.3, 0.4) is 0 Å². The predicted octanol–water partition coefficient (Wildman–Crippen LogP) is -2.35. The number of likely N-dealkylation sites (tertiary alicyclic amines) is 1. The first-order chi connectivity index (χ1) is 9.19. The number of aliphatic imine (C=N–C) groups is 1. The lowest BCUT2D eigenvalue weighted by molar-refractivity contribution is -0.121. The molecule has 1 amide bonds. The zero-order valence-corrected chi connectivity index (χ0v) is 10.5. The van der Waals surface area contributed by atoms with Crippen LogP contribution in [0.1, 0.15) is 0 Å². The van der Waals surface area contributed by atoms with E-state index in [4.69, 9.17) is 5.11 Å². The van der Waals surface area contributed by atoms with E-state index in [0.717, 1.165) is 5.57 Å². The second-order valence-corrected chi connectivity index (χ2v) is 5.30. The zero-order valence-electron chi connectivity index (χ0n) is 10.5. The van der Waals surface area contributed by atoms with Crippen LogP contribution >= 0.6 is 0 Å². The molecule has 0 spiro atoms. The standard InChI is InChI=1S/C12H18N4O3/c17-5-8-3-16(4-9(8)18)2-7-1-13-11-10(7)14-6-15-12(11)19/h1,6,8-11,13,17-18H,2-5H2,(H,14,15,19). The van der Waals surface area contributed by atoms with Gasteiger partial charge in [0.15, 0.2) is 0 Å². The van der Waals surface area contributed by atoms with E-state index in [-0.39, 0.29) is 30.5 Å². The molecule has 0 radical (unpaired) electrons. The average molecular weight is 266 g/mol. The Morgan fingerprint density at radius 1 is 1.47 bits per heavy atom. The summed E-state index contributed by atoms with van der Waals surface area (Å²) in [7, 11) is 0. The molecular weight excluding hydrogens is 248 g/mol. The van der Waals surface area contributed by atoms with Crippen molar-refractivity contribution in [2.75, 3.05) is 26.2 Å². The summed E-state index contributed by atoms with van der Waals surface area (Å²) in [4.78, 5) is 18.0. The van der Waals surface area contributed by atoms with Crippen LogP contribution in [-0.4, -0.2) is 71.8 Å². The number of hydrogen-bond donors (Lipinski definition) is 4. The summed E-state index contributed by atoms with van der Waals surface area (Å²) in [6, 6.07) is -0.472. The molecule has 3 heterocycles. The van der Waals surface area contributed by atoms with Gasteiger partial charge in [-0.2, -0.15) is 0 Å². The Hall–Kier alpha value is -1.44. The molecule has 7 heteroatoms. The highest BCUT2D eigenvalue weighted by Gasteiger charge is 2.38. The molecule has 19 heavy (non-hydrogen) atoms. The lowest BCUT2D eigenvalue weighted by Gasteiger charge is -2.23. The minimum absolute atomic E-state index is 0.00156. The smallest absolute Gasteiger partial charge is 0.250 e. The number of fused-ring (bicyclic) bond motifs is 1. The monoisotopic (exact) mass is 266 g/mol. The van der Waals surface area contributed by atoms with Gasteiger partial charge in [0.25, 0.3) is 0 Å². The van der Waals surface area contributed by atoms with Crippen molar-refractivity contribution in [2.24, 2.45) is 10.9 Å². The number of aliphatic hydroxyl groups excluding tert-OH is 2. The van der Waals surface area contributed by atoms with Gasteiger partial charge in [0, 0.05) is 32.2 Å². The van der Waals surface area contributed by atoms with Gasteiger partial charge in [-0.1, -0.05) is 0 Å². The molecule has 0 bridgehead atoms. The Morgan fingerprint density at radius 2 is 2.32 bits per heavy atom. The van der Waals surface area contributed by atoms with Crippen LogP contribution in [-0.2, 0) is 4.79 Å². The molecular formula is C12H18N4O3. The number of hydrogen-bond acceptors (Lipinski definition) is 6. The van der Waals surface area contributed by atoms with E-state index in [1.165, 1.54) is 6.34 Å². The fraction of sp³-hybridized carbons (Fsp3) is 0.667. The highest BCUT2D eigenvalue weighted by molar-refractivity contribution is 5.95. The lowest BCUT2D eigenvalue weighted by Crippen LogP contribution is -2.49. The van der Waals surface area contributed by atoms with Gasteiger partial charge in [0.1, 0.15) is 12.1 Å². The lowest BCUT2D eigenvalue weighted by atomic mass is 10.0. The van der Waals surface area contributed by atoms with Crippen molar-refractivity contribution in [3.05, 3.63) is 11.8 Å². The van der Waals surface area contributed by atoms with Crippen molar-refractivity contribution in [3.8, 4) is 0 Å². The summed E-state index contributed by atoms with van der Waals surface area (Å²) < 4.78 is 0. The maximum absolute atomic E-state index is 11.6. The molecule has 1 fully saturated rings. The Kier molecular flexibility index (Phi) is 3.26. The highest BCUT2D eigenvalue weighted by Crippen LogP contribution is 2.23. The zero-order chi connectivity index (χ0) is 13.4. The number of carbonyl (C=O) groups is 1. The molecule has 3 rings (SSSR count). The van der Waals surface area contributed by atoms with Crippen LogP contribution in [0.2, 0.25) is 0 Å². The van der Waals surface area contributed by atoms with Gasteiger partial charge < -0.3 is 20.8 Å². The Labute approximate surface area is 111 Å². The van der Waals surface area contributed by atoms with E-state index in [2.05, 4.69) is 20.5 Å². The number of aliphatic hydroxyl groups is 2. The molecule has 1 saturated heterocycles. The normalized spacial score (nSPS) is 37.8. The molecule has 3 aliphatic rings. The molecule has 4 unspecified atom stereocenters. The van der Waals surface area contributed by atoms with Crippen LogP contribution in [0.5, 0.6) is 0 Å². The van der Waals surface area contributed by atoms with Crippen molar-refractivity contribution < 1.29 is 15.0 Å². The quantitative estimate of drug-likeness (QED) is 0.459. The summed E-state index contributed by atoms with van der Waals surface area (Å²) in [5.74, 6) is -0.148. The van der Waals surface area contributed by atoms with Gasteiger partial charge >= 0.3 is 0 Å².